The van der Waals surface area contributed by atoms with Gasteiger partial charge in [0.15, 0.2) is 36.8 Å². The summed E-state index contributed by atoms with van der Waals surface area (Å²) in [6.45, 7) is 5.10. The predicted molar refractivity (Wildman–Crippen MR) is 472 cm³/mol. The van der Waals surface area contributed by atoms with E-state index in [9.17, 15) is 28.8 Å². The summed E-state index contributed by atoms with van der Waals surface area (Å²) in [4.78, 5) is 117. The molecule has 6 bridgehead atoms. The quantitative estimate of drug-likeness (QED) is 0.119. The van der Waals surface area contributed by atoms with E-state index in [-0.39, 0.29) is 54.2 Å². The third kappa shape index (κ3) is 13.7. The first-order valence-corrected chi connectivity index (χ1v) is 41.1. The Morgan fingerprint density at radius 1 is 0.369 bits per heavy atom. The number of aryl methyl sites for hydroxylation is 3. The van der Waals surface area contributed by atoms with E-state index in [0.29, 0.717) is 142 Å². The predicted octanol–water partition coefficient (Wildman–Crippen LogP) is 12.3. The van der Waals surface area contributed by atoms with Gasteiger partial charge in [0.05, 0.1) is 64.8 Å². The van der Waals surface area contributed by atoms with Gasteiger partial charge in [0.2, 0.25) is 17.8 Å². The monoisotopic (exact) mass is 1630 g/mol. The molecule has 0 unspecified atom stereocenters. The van der Waals surface area contributed by atoms with E-state index in [1.807, 2.05) is 136 Å². The normalized spacial score (nSPS) is 15.6. The van der Waals surface area contributed by atoms with Crippen molar-refractivity contribution in [2.75, 3.05) is 107 Å². The zero-order valence-electron chi connectivity index (χ0n) is 68.0. The number of hydrogen-bond donors (Lipinski definition) is 3. The van der Waals surface area contributed by atoms with Crippen molar-refractivity contribution in [3.63, 3.8) is 0 Å². The van der Waals surface area contributed by atoms with Crippen LogP contribution in [0.15, 0.2) is 203 Å². The molecule has 7 aliphatic rings. The number of aromatic nitrogens is 15. The van der Waals surface area contributed by atoms with Crippen LogP contribution in [0.3, 0.4) is 0 Å². The zero-order valence-corrected chi connectivity index (χ0v) is 68.0. The maximum absolute atomic E-state index is 13.7. The molecule has 16 heterocycles. The summed E-state index contributed by atoms with van der Waals surface area (Å²) in [6, 6.07) is 37.7. The van der Waals surface area contributed by atoms with Crippen molar-refractivity contribution in [1.29, 1.82) is 0 Å². The lowest BCUT2D eigenvalue weighted by atomic mass is 10.1. The number of benzene rings is 6. The van der Waals surface area contributed by atoms with E-state index >= 15 is 0 Å². The molecule has 32 nitrogen and oxygen atoms in total. The van der Waals surface area contributed by atoms with Crippen LogP contribution in [0.2, 0.25) is 0 Å². The lowest BCUT2D eigenvalue weighted by Crippen LogP contribution is -2.39. The number of ether oxygens (including phenoxy) is 3. The van der Waals surface area contributed by atoms with Crippen LogP contribution < -0.4 is 71.3 Å². The van der Waals surface area contributed by atoms with Crippen molar-refractivity contribution in [2.45, 2.75) is 71.0 Å². The average molecular weight is 1630 g/mol. The van der Waals surface area contributed by atoms with E-state index in [1.54, 1.807) is 56.7 Å². The first-order chi connectivity index (χ1) is 59.5. The topological polar surface area (TPSA) is 304 Å². The van der Waals surface area contributed by atoms with Gasteiger partial charge in [-0.3, -0.25) is 28.8 Å². The van der Waals surface area contributed by atoms with Crippen LogP contribution in [0.1, 0.15) is 51.4 Å². The Balaban J connectivity index is 0.000000117. The molecular weight excluding hydrogens is 1550 g/mol. The standard InChI is InChI=1S/C32H32N8O3.C30H30N8O3.C28H25N7O3/c1-36-15-10-23-25(36)16-21(17-26(23)37-11-6-7-12-37)34-32-33-19-24-30(35-32)40-22-8-9-28-27(18-22)38(29(41)20-43-28)13-4-2-3-5-14-39(40)31(24)42;1-34(2)23-14-19(15-24-21(23)10-13-35(24)3)32-30-31-17-22-28(33-30)38-20-8-9-26-25(16-20)36(27(39)18-41-26)11-6-4-5-7-12-37(38)29(22)40;1-32-13-10-18-6-7-19(14-22(18)32)30-28-29-16-21-26(31-28)35-20-8-9-24-23(15-20)33(25(36)17-38-24)11-4-2-3-5-12-34(35)27(21)37/h3,5,8-10,15-19H,2,4,6-7,11-14,20H2,1H3,(H,33,34,35);5,7-10,13-17H,4,6,11-12,18H2,1-3H3,(H,31,32,33);3,5-10,13-16H,2,4,11-12,17H2,1H3,(H,29,30,31). The van der Waals surface area contributed by atoms with Crippen LogP contribution in [-0.2, 0) is 55.2 Å². The second-order valence-electron chi connectivity index (χ2n) is 31.6. The Hall–Kier alpha value is -15.0. The van der Waals surface area contributed by atoms with E-state index in [2.05, 4.69) is 128 Å². The SMILES string of the molecule is CN(C)c1cc(Nc2ncc3c(=O)n4n(c3n2)-c2ccc3c(c2)N(CCCC=CC4)C(=O)CO3)cc2c1ccn2C.Cn1ccc2c(N3CCCC3)cc(Nc3ncc4c(=O)n5n(c4n3)-c3ccc4c(c3)N(CCCC=CC5)C(=O)CO4)cc21.Cn1ccc2ccc(Nc3ncc4c(=O)n5n(c4n3)-c3ccc4c(c3)N(CCCC=CC5)C(=O)CO4)cc21. The third-order valence-corrected chi connectivity index (χ3v) is 23.6. The lowest BCUT2D eigenvalue weighted by molar-refractivity contribution is -0.122. The highest BCUT2D eigenvalue weighted by molar-refractivity contribution is 6.02. The zero-order chi connectivity index (χ0) is 83.1. The van der Waals surface area contributed by atoms with Crippen LogP contribution in [-0.4, -0.2) is 156 Å². The fourth-order valence-corrected chi connectivity index (χ4v) is 17.4. The maximum Gasteiger partial charge on any atom is 0.278 e. The number of carbonyl (C=O) groups is 3. The van der Waals surface area contributed by atoms with Gasteiger partial charge in [-0.25, -0.2) is 43.0 Å². The molecule has 0 atom stereocenters. The summed E-state index contributed by atoms with van der Waals surface area (Å²) in [5, 5.41) is 14.8. The van der Waals surface area contributed by atoms with E-state index < -0.39 is 0 Å². The minimum Gasteiger partial charge on any atom is -0.482 e. The second kappa shape index (κ2) is 31.1. The number of fused-ring (bicyclic) bond motifs is 18. The fourth-order valence-electron chi connectivity index (χ4n) is 17.4. The number of carbonyl (C=O) groups excluding carboxylic acids is 3. The number of amides is 3. The molecule has 7 aliphatic heterocycles. The number of nitrogens with zero attached hydrogens (tertiary/aromatic N) is 20. The molecule has 0 saturated carbocycles. The Kier molecular flexibility index (Phi) is 19.3. The molecule has 0 radical (unpaired) electrons. The number of allylic oxidation sites excluding steroid dienone is 6. The molecular formula is C90H87N23O9. The van der Waals surface area contributed by atoms with Gasteiger partial charge >= 0.3 is 0 Å². The molecule has 6 aromatic carbocycles. The van der Waals surface area contributed by atoms with Crippen LogP contribution in [0, 0.1) is 0 Å². The third-order valence-electron chi connectivity index (χ3n) is 23.6. The van der Waals surface area contributed by atoms with Crippen LogP contribution in [0.4, 0.5) is 63.3 Å². The van der Waals surface area contributed by atoms with Gasteiger partial charge in [0.1, 0.15) is 33.4 Å². The van der Waals surface area contributed by atoms with Crippen LogP contribution in [0.25, 0.3) is 82.9 Å². The van der Waals surface area contributed by atoms with Gasteiger partial charge in [0, 0.05) is 150 Å². The van der Waals surface area contributed by atoms with Gasteiger partial charge < -0.3 is 68.4 Å². The minimum atomic E-state index is -0.185. The van der Waals surface area contributed by atoms with E-state index in [0.717, 1.165) is 102 Å². The molecule has 122 heavy (non-hydrogen) atoms. The molecule has 32 heteroatoms. The summed E-state index contributed by atoms with van der Waals surface area (Å²) in [5.41, 5.74) is 13.3. The largest absolute Gasteiger partial charge is 0.482 e. The first-order valence-electron chi connectivity index (χ1n) is 41.1. The van der Waals surface area contributed by atoms with Crippen molar-refractivity contribution >= 4 is 147 Å². The second-order valence-corrected chi connectivity index (χ2v) is 31.6. The minimum absolute atomic E-state index is 0.0195. The summed E-state index contributed by atoms with van der Waals surface area (Å²) in [6.07, 6.45) is 30.2. The molecule has 1 saturated heterocycles. The molecule has 15 aromatic rings. The molecule has 616 valence electrons. The molecule has 1 fully saturated rings. The molecule has 22 rings (SSSR count). The number of rotatable bonds is 8. The number of hydrogen-bond acceptors (Lipinski definition) is 20. The van der Waals surface area contributed by atoms with Gasteiger partial charge in [-0.2, -0.15) is 15.0 Å². The molecule has 3 amide bonds. The molecule has 3 N–H and O–H groups in total. The van der Waals surface area contributed by atoms with Gasteiger partial charge in [0.25, 0.3) is 34.4 Å². The fraction of sp³-hybridized carbons (Fsp3) is 0.267. The van der Waals surface area contributed by atoms with Crippen LogP contribution in [0.5, 0.6) is 17.2 Å². The maximum atomic E-state index is 13.7. The number of anilines is 11. The molecule has 0 aliphatic carbocycles. The molecule has 9 aromatic heterocycles. The van der Waals surface area contributed by atoms with Crippen LogP contribution >= 0.6 is 0 Å². The first kappa shape index (κ1) is 75.7. The average Bonchev–Trinajstić information content (AvgIpc) is 1.58. The molecule has 0 spiro atoms. The highest BCUT2D eigenvalue weighted by Crippen LogP contribution is 2.41. The van der Waals surface area contributed by atoms with Crippen molar-refractivity contribution in [3.05, 3.63) is 220 Å². The van der Waals surface area contributed by atoms with E-state index in [1.165, 1.54) is 23.9 Å². The van der Waals surface area contributed by atoms with E-state index in [4.69, 9.17) is 29.2 Å². The van der Waals surface area contributed by atoms with Gasteiger partial charge in [-0.05, 0) is 166 Å². The van der Waals surface area contributed by atoms with Crippen molar-refractivity contribution in [2.24, 2.45) is 21.1 Å². The Labute approximate surface area is 697 Å². The van der Waals surface area contributed by atoms with Crippen molar-refractivity contribution < 1.29 is 28.6 Å². The Morgan fingerprint density at radius 2 is 0.762 bits per heavy atom. The summed E-state index contributed by atoms with van der Waals surface area (Å²) in [5.74, 6) is 2.88. The summed E-state index contributed by atoms with van der Waals surface area (Å²) in [7, 11) is 10.1. The lowest BCUT2D eigenvalue weighted by Gasteiger charge is -2.30. The van der Waals surface area contributed by atoms with Gasteiger partial charge in [-0.1, -0.05) is 42.5 Å². The van der Waals surface area contributed by atoms with Crippen molar-refractivity contribution in [1.82, 2.24) is 71.7 Å². The smallest absolute Gasteiger partial charge is 0.278 e. The highest BCUT2D eigenvalue weighted by Gasteiger charge is 2.32. The summed E-state index contributed by atoms with van der Waals surface area (Å²) < 4.78 is 33.8. The van der Waals surface area contributed by atoms with Crippen molar-refractivity contribution in [3.8, 4) is 34.3 Å². The Morgan fingerprint density at radius 3 is 1.20 bits per heavy atom. The van der Waals surface area contributed by atoms with Gasteiger partial charge in [-0.15, -0.1) is 0 Å². The Bertz CT molecular complexity index is 7080. The summed E-state index contributed by atoms with van der Waals surface area (Å²) >= 11 is 0. The highest BCUT2D eigenvalue weighted by atomic mass is 16.5. The number of nitrogens with one attached hydrogen (secondary N) is 3.